The molecular formula is C4H3N5. The number of rotatable bonds is 0. The number of hydrogen-bond donors (Lipinski definition) is 0. The summed E-state index contributed by atoms with van der Waals surface area (Å²) in [4.78, 5) is 3.92. The summed E-state index contributed by atoms with van der Waals surface area (Å²) >= 11 is 0. The molecule has 0 bridgehead atoms. The van der Waals surface area contributed by atoms with Gasteiger partial charge >= 0.3 is 0 Å². The third-order valence-electron chi connectivity index (χ3n) is 1.01. The van der Waals surface area contributed by atoms with E-state index in [1.165, 1.54) is 0 Å². The molecule has 0 aliphatic rings. The molecule has 2 heterocycles. The molecule has 9 heavy (non-hydrogen) atoms. The van der Waals surface area contributed by atoms with Crippen LogP contribution in [-0.4, -0.2) is 25.0 Å². The molecule has 0 aliphatic carbocycles. The maximum atomic E-state index is 3.92. The molecule has 0 radical (unpaired) electrons. The van der Waals surface area contributed by atoms with E-state index < -0.39 is 0 Å². The quantitative estimate of drug-likeness (QED) is 0.472. The van der Waals surface area contributed by atoms with E-state index in [0.717, 1.165) is 0 Å². The standard InChI is InChI=1S/C4H3N5/c1-2-9-4(5-1)3-6-7-8-9/h1-3H. The zero-order valence-corrected chi connectivity index (χ0v) is 4.47. The fraction of sp³-hybridized carbons (Fsp3) is 0. The summed E-state index contributed by atoms with van der Waals surface area (Å²) in [7, 11) is 0. The molecule has 44 valence electrons. The summed E-state index contributed by atoms with van der Waals surface area (Å²) in [6, 6.07) is 0. The van der Waals surface area contributed by atoms with Crippen LogP contribution in [0.3, 0.4) is 0 Å². The average molecular weight is 121 g/mol. The van der Waals surface area contributed by atoms with Gasteiger partial charge in [0.2, 0.25) is 0 Å². The number of aromatic nitrogens is 5. The third kappa shape index (κ3) is 0.543. The zero-order chi connectivity index (χ0) is 6.10. The van der Waals surface area contributed by atoms with Gasteiger partial charge in [-0.3, -0.25) is 0 Å². The van der Waals surface area contributed by atoms with Crippen molar-refractivity contribution in [1.82, 2.24) is 25.0 Å². The van der Waals surface area contributed by atoms with Gasteiger partial charge < -0.3 is 0 Å². The Labute approximate surface area is 50.3 Å². The summed E-state index contributed by atoms with van der Waals surface area (Å²) in [5, 5.41) is 10.6. The van der Waals surface area contributed by atoms with E-state index in [4.69, 9.17) is 0 Å². The first kappa shape index (κ1) is 4.37. The van der Waals surface area contributed by atoms with Crippen molar-refractivity contribution >= 4 is 5.65 Å². The van der Waals surface area contributed by atoms with Crippen molar-refractivity contribution in [2.45, 2.75) is 0 Å². The van der Waals surface area contributed by atoms with E-state index >= 15 is 0 Å². The lowest BCUT2D eigenvalue weighted by molar-refractivity contribution is 0.727. The molecule has 2 aromatic heterocycles. The predicted octanol–water partition coefficient (Wildman–Crippen LogP) is -0.481. The van der Waals surface area contributed by atoms with Crippen LogP contribution in [-0.2, 0) is 0 Å². The molecule has 2 rings (SSSR count). The van der Waals surface area contributed by atoms with Crippen molar-refractivity contribution in [1.29, 1.82) is 0 Å². The van der Waals surface area contributed by atoms with Crippen LogP contribution in [0.2, 0.25) is 0 Å². The Balaban J connectivity index is 2.95. The van der Waals surface area contributed by atoms with Gasteiger partial charge in [0.25, 0.3) is 0 Å². The minimum atomic E-state index is 0.713. The summed E-state index contributed by atoms with van der Waals surface area (Å²) < 4.78 is 1.55. The maximum absolute atomic E-state index is 3.92. The van der Waals surface area contributed by atoms with Gasteiger partial charge in [0.15, 0.2) is 5.65 Å². The van der Waals surface area contributed by atoms with Gasteiger partial charge in [0.05, 0.1) is 12.4 Å². The van der Waals surface area contributed by atoms with Crippen molar-refractivity contribution in [2.75, 3.05) is 0 Å². The van der Waals surface area contributed by atoms with Crippen LogP contribution in [0.15, 0.2) is 18.6 Å². The van der Waals surface area contributed by atoms with Crippen molar-refractivity contribution < 1.29 is 0 Å². The molecule has 0 amide bonds. The Morgan fingerprint density at radius 2 is 2.44 bits per heavy atom. The van der Waals surface area contributed by atoms with Crippen molar-refractivity contribution in [3.05, 3.63) is 18.6 Å². The first-order chi connectivity index (χ1) is 4.47. The molecule has 0 saturated heterocycles. The number of fused-ring (bicyclic) bond motifs is 1. The molecule has 5 heteroatoms. The Kier molecular flexibility index (Phi) is 0.717. The van der Waals surface area contributed by atoms with Gasteiger partial charge in [-0.1, -0.05) is 0 Å². The fourth-order valence-electron chi connectivity index (χ4n) is 0.620. The number of imidazole rings is 1. The zero-order valence-electron chi connectivity index (χ0n) is 4.47. The van der Waals surface area contributed by atoms with Gasteiger partial charge in [-0.2, -0.15) is 4.52 Å². The second-order valence-corrected chi connectivity index (χ2v) is 1.55. The van der Waals surface area contributed by atoms with E-state index in [1.807, 2.05) is 0 Å². The Morgan fingerprint density at radius 1 is 1.44 bits per heavy atom. The van der Waals surface area contributed by atoms with E-state index in [9.17, 15) is 0 Å². The van der Waals surface area contributed by atoms with Crippen LogP contribution in [0.1, 0.15) is 0 Å². The highest BCUT2D eigenvalue weighted by atomic mass is 15.5. The number of hydrogen-bond acceptors (Lipinski definition) is 4. The topological polar surface area (TPSA) is 56.0 Å². The largest absolute Gasteiger partial charge is 0.234 e. The van der Waals surface area contributed by atoms with Crippen molar-refractivity contribution in [2.24, 2.45) is 0 Å². The fourth-order valence-corrected chi connectivity index (χ4v) is 0.620. The summed E-state index contributed by atoms with van der Waals surface area (Å²) in [6.45, 7) is 0. The molecule has 0 atom stereocenters. The lowest BCUT2D eigenvalue weighted by Crippen LogP contribution is -1.94. The molecule has 0 spiro atoms. The SMILES string of the molecule is c1cn2nnncc2n1. The Hall–Kier alpha value is -1.52. The molecule has 0 aliphatic heterocycles. The van der Waals surface area contributed by atoms with Gasteiger partial charge in [-0.25, -0.2) is 4.98 Å². The van der Waals surface area contributed by atoms with E-state index in [0.29, 0.717) is 5.65 Å². The first-order valence-corrected chi connectivity index (χ1v) is 2.44. The summed E-state index contributed by atoms with van der Waals surface area (Å²) in [6.07, 6.45) is 4.91. The monoisotopic (exact) mass is 121 g/mol. The van der Waals surface area contributed by atoms with Crippen LogP contribution in [0.25, 0.3) is 5.65 Å². The lowest BCUT2D eigenvalue weighted by atomic mass is 10.8. The molecule has 0 aromatic carbocycles. The molecule has 0 saturated carbocycles. The number of nitrogens with zero attached hydrogens (tertiary/aromatic N) is 5. The van der Waals surface area contributed by atoms with Crippen molar-refractivity contribution in [3.8, 4) is 0 Å². The normalized spacial score (nSPS) is 10.2. The van der Waals surface area contributed by atoms with Gasteiger partial charge in [-0.15, -0.1) is 5.10 Å². The second kappa shape index (κ2) is 1.48. The van der Waals surface area contributed by atoms with Gasteiger partial charge in [0, 0.05) is 6.20 Å². The van der Waals surface area contributed by atoms with E-state index in [1.54, 1.807) is 23.1 Å². The average Bonchev–Trinajstić information content (AvgIpc) is 2.33. The summed E-state index contributed by atoms with van der Waals surface area (Å²) in [5.74, 6) is 0. The molecule has 0 unspecified atom stereocenters. The summed E-state index contributed by atoms with van der Waals surface area (Å²) in [5.41, 5.74) is 0.713. The van der Waals surface area contributed by atoms with E-state index in [-0.39, 0.29) is 0 Å². The third-order valence-corrected chi connectivity index (χ3v) is 1.01. The highest BCUT2D eigenvalue weighted by Gasteiger charge is 1.89. The predicted molar refractivity (Wildman–Crippen MR) is 28.6 cm³/mol. The van der Waals surface area contributed by atoms with Crippen LogP contribution in [0.5, 0.6) is 0 Å². The van der Waals surface area contributed by atoms with Crippen molar-refractivity contribution in [3.63, 3.8) is 0 Å². The van der Waals surface area contributed by atoms with Crippen LogP contribution in [0.4, 0.5) is 0 Å². The Bertz CT molecular complexity index is 283. The molecular weight excluding hydrogens is 118 g/mol. The molecule has 0 N–H and O–H groups in total. The lowest BCUT2D eigenvalue weighted by Gasteiger charge is -1.82. The molecule has 0 fully saturated rings. The van der Waals surface area contributed by atoms with Gasteiger partial charge in [-0.05, 0) is 10.4 Å². The Morgan fingerprint density at radius 3 is 3.33 bits per heavy atom. The second-order valence-electron chi connectivity index (χ2n) is 1.55. The van der Waals surface area contributed by atoms with Gasteiger partial charge in [0.1, 0.15) is 0 Å². The maximum Gasteiger partial charge on any atom is 0.175 e. The minimum absolute atomic E-state index is 0.713. The highest BCUT2D eigenvalue weighted by Crippen LogP contribution is 1.89. The van der Waals surface area contributed by atoms with Crippen LogP contribution in [0, 0.1) is 0 Å². The van der Waals surface area contributed by atoms with Crippen LogP contribution >= 0.6 is 0 Å². The molecule has 2 aromatic rings. The minimum Gasteiger partial charge on any atom is -0.234 e. The van der Waals surface area contributed by atoms with E-state index in [2.05, 4.69) is 20.5 Å². The molecule has 5 nitrogen and oxygen atoms in total. The highest BCUT2D eigenvalue weighted by molar-refractivity contribution is 5.30. The first-order valence-electron chi connectivity index (χ1n) is 2.44. The smallest absolute Gasteiger partial charge is 0.175 e. The van der Waals surface area contributed by atoms with Crippen LogP contribution < -0.4 is 0 Å².